The Labute approximate surface area is 156 Å². The molecule has 2 aromatic rings. The zero-order valence-electron chi connectivity index (χ0n) is 15.2. The molecule has 0 unspecified atom stereocenters. The molecule has 2 heterocycles. The zero-order chi connectivity index (χ0) is 19.4. The van der Waals surface area contributed by atoms with Crippen molar-refractivity contribution in [1.29, 1.82) is 0 Å². The summed E-state index contributed by atoms with van der Waals surface area (Å²) in [6.45, 7) is 1.92. The van der Waals surface area contributed by atoms with E-state index < -0.39 is 5.91 Å². The van der Waals surface area contributed by atoms with Crippen molar-refractivity contribution in [2.45, 2.75) is 25.8 Å². The molecule has 0 aliphatic carbocycles. The molecule has 3 rings (SSSR count). The summed E-state index contributed by atoms with van der Waals surface area (Å²) in [5.74, 6) is -0.205. The summed E-state index contributed by atoms with van der Waals surface area (Å²) < 4.78 is 6.39. The number of likely N-dealkylation sites (tertiary alicyclic amines) is 1. The smallest absolute Gasteiger partial charge is 0.409 e. The van der Waals surface area contributed by atoms with E-state index in [-0.39, 0.29) is 17.2 Å². The number of aryl methyl sites for hydroxylation is 1. The average Bonchev–Trinajstić information content (AvgIpc) is 2.72. The van der Waals surface area contributed by atoms with Crippen LogP contribution in [0.1, 0.15) is 29.6 Å². The molecule has 2 amide bonds. The molecule has 1 aliphatic heterocycles. The zero-order valence-corrected chi connectivity index (χ0v) is 15.2. The lowest BCUT2D eigenvalue weighted by Crippen LogP contribution is -2.38. The number of hydrogen-bond donors (Lipinski definition) is 2. The van der Waals surface area contributed by atoms with E-state index in [0.29, 0.717) is 30.9 Å². The van der Waals surface area contributed by atoms with E-state index in [1.807, 2.05) is 6.07 Å². The number of fused-ring (bicyclic) bond motifs is 1. The van der Waals surface area contributed by atoms with E-state index in [1.54, 1.807) is 33.3 Å². The first-order valence-electron chi connectivity index (χ1n) is 8.94. The van der Waals surface area contributed by atoms with Crippen molar-refractivity contribution >= 4 is 22.8 Å². The van der Waals surface area contributed by atoms with Crippen LogP contribution < -0.4 is 11.0 Å². The Morgan fingerprint density at radius 3 is 2.67 bits per heavy atom. The Bertz CT molecular complexity index is 900. The molecule has 2 N–H and O–H groups in total. The van der Waals surface area contributed by atoms with Crippen LogP contribution in [-0.2, 0) is 11.3 Å². The lowest BCUT2D eigenvalue weighted by molar-refractivity contribution is 0.0706. The summed E-state index contributed by atoms with van der Waals surface area (Å²) in [7, 11) is 1.39. The average molecular weight is 373 g/mol. The molecular weight excluding hydrogens is 350 g/mol. The number of ether oxygens (including phenoxy) is 1. The molecule has 144 valence electrons. The number of nitrogens with zero attached hydrogens (tertiary/aromatic N) is 2. The van der Waals surface area contributed by atoms with Gasteiger partial charge in [-0.3, -0.25) is 14.8 Å². The van der Waals surface area contributed by atoms with Gasteiger partial charge in [0.15, 0.2) is 0 Å². The second-order valence-electron chi connectivity index (χ2n) is 6.75. The van der Waals surface area contributed by atoms with Gasteiger partial charge in [-0.1, -0.05) is 6.07 Å². The molecule has 1 fully saturated rings. The van der Waals surface area contributed by atoms with Crippen LogP contribution in [0.2, 0.25) is 0 Å². The molecule has 0 radical (unpaired) electrons. The van der Waals surface area contributed by atoms with Crippen LogP contribution in [0.5, 0.6) is 0 Å². The number of carbonyl (C=O) groups excluding carboxylic acids is 2. The first-order valence-corrected chi connectivity index (χ1v) is 8.94. The normalized spacial score (nSPS) is 15.0. The van der Waals surface area contributed by atoms with Gasteiger partial charge in [0.05, 0.1) is 7.11 Å². The van der Waals surface area contributed by atoms with Gasteiger partial charge in [0, 0.05) is 36.8 Å². The Morgan fingerprint density at radius 2 is 2.00 bits per heavy atom. The highest BCUT2D eigenvalue weighted by molar-refractivity contribution is 5.97. The van der Waals surface area contributed by atoms with Crippen LogP contribution in [0.3, 0.4) is 0 Å². The predicted molar refractivity (Wildman–Crippen MR) is 98.8 cm³/mol. The van der Waals surface area contributed by atoms with Gasteiger partial charge in [-0.05, 0) is 48.8 Å². The summed E-state index contributed by atoms with van der Waals surface area (Å²) in [6.07, 6.45) is 4.09. The van der Waals surface area contributed by atoms with Crippen molar-refractivity contribution in [1.82, 2.24) is 14.9 Å². The van der Waals surface area contributed by atoms with Crippen LogP contribution in [0.15, 0.2) is 35.3 Å². The van der Waals surface area contributed by atoms with Crippen molar-refractivity contribution < 1.29 is 19.5 Å². The Morgan fingerprint density at radius 1 is 1.26 bits per heavy atom. The van der Waals surface area contributed by atoms with Crippen LogP contribution in [0.25, 0.3) is 10.8 Å². The Hall–Kier alpha value is -2.87. The van der Waals surface area contributed by atoms with Crippen molar-refractivity contribution in [3.8, 4) is 0 Å². The highest BCUT2D eigenvalue weighted by Gasteiger charge is 2.23. The number of pyridine rings is 1. The molecule has 0 saturated carbocycles. The Balaban J connectivity index is 1.69. The van der Waals surface area contributed by atoms with Gasteiger partial charge in [0.25, 0.3) is 11.5 Å². The second kappa shape index (κ2) is 8.22. The topological polar surface area (TPSA) is 101 Å². The fourth-order valence-electron chi connectivity index (χ4n) is 3.52. The number of methoxy groups -OCH3 is 1. The van der Waals surface area contributed by atoms with Crippen molar-refractivity contribution in [3.05, 3.63) is 46.4 Å². The van der Waals surface area contributed by atoms with Crippen molar-refractivity contribution in [3.63, 3.8) is 0 Å². The van der Waals surface area contributed by atoms with Crippen molar-refractivity contribution in [2.24, 2.45) is 5.92 Å². The van der Waals surface area contributed by atoms with Gasteiger partial charge in [-0.25, -0.2) is 10.3 Å². The largest absolute Gasteiger partial charge is 0.453 e. The van der Waals surface area contributed by atoms with Crippen LogP contribution in [-0.4, -0.2) is 46.9 Å². The van der Waals surface area contributed by atoms with E-state index in [2.05, 4.69) is 0 Å². The van der Waals surface area contributed by atoms with Crippen LogP contribution in [0.4, 0.5) is 4.79 Å². The lowest BCUT2D eigenvalue weighted by Gasteiger charge is -2.31. The summed E-state index contributed by atoms with van der Waals surface area (Å²) in [4.78, 5) is 37.6. The first kappa shape index (κ1) is 18.9. The molecule has 0 bridgehead atoms. The van der Waals surface area contributed by atoms with Gasteiger partial charge in [-0.15, -0.1) is 0 Å². The number of piperidine rings is 1. The van der Waals surface area contributed by atoms with Crippen LogP contribution >= 0.6 is 0 Å². The Kier molecular flexibility index (Phi) is 5.75. The molecule has 1 saturated heterocycles. The molecular formula is C19H23N3O5. The fourth-order valence-corrected chi connectivity index (χ4v) is 3.52. The molecule has 1 aliphatic rings. The quantitative estimate of drug-likeness (QED) is 0.630. The van der Waals surface area contributed by atoms with Gasteiger partial charge >= 0.3 is 6.09 Å². The molecule has 1 aromatic carbocycles. The first-order chi connectivity index (χ1) is 13.0. The maximum Gasteiger partial charge on any atom is 0.409 e. The van der Waals surface area contributed by atoms with Gasteiger partial charge in [-0.2, -0.15) is 0 Å². The molecule has 1 aromatic heterocycles. The number of carbonyl (C=O) groups is 2. The minimum atomic E-state index is -0.649. The molecule has 8 heteroatoms. The van der Waals surface area contributed by atoms with Crippen LogP contribution in [0, 0.1) is 5.92 Å². The maximum absolute atomic E-state index is 12.7. The number of nitrogens with one attached hydrogen (secondary N) is 1. The summed E-state index contributed by atoms with van der Waals surface area (Å²) in [6, 6.07) is 6.59. The number of amides is 2. The summed E-state index contributed by atoms with van der Waals surface area (Å²) in [5.41, 5.74) is 1.65. The monoisotopic (exact) mass is 373 g/mol. The molecule has 8 nitrogen and oxygen atoms in total. The van der Waals surface area contributed by atoms with E-state index in [1.165, 1.54) is 13.2 Å². The maximum atomic E-state index is 12.7. The number of hydrogen-bond acceptors (Lipinski definition) is 5. The second-order valence-corrected chi connectivity index (χ2v) is 6.75. The number of rotatable bonds is 4. The lowest BCUT2D eigenvalue weighted by atomic mass is 9.93. The minimum Gasteiger partial charge on any atom is -0.453 e. The minimum absolute atomic E-state index is 0.160. The third-order valence-electron chi connectivity index (χ3n) is 5.17. The standard InChI is InChI=1S/C19H23N3O5/c1-27-19(25)22-9-5-13(6-10-22)4-8-21-11-7-14-2-3-15(17(23)20-26)12-16(14)18(21)24/h2-3,7,11-13,26H,4-6,8-10H2,1H3,(H,20,23). The third-order valence-corrected chi connectivity index (χ3v) is 5.17. The number of aromatic nitrogens is 1. The molecule has 0 atom stereocenters. The fraction of sp³-hybridized carbons (Fsp3) is 0.421. The SMILES string of the molecule is COC(=O)N1CCC(CCn2ccc3ccc(C(=O)NO)cc3c2=O)CC1. The van der Waals surface area contributed by atoms with E-state index >= 15 is 0 Å². The summed E-state index contributed by atoms with van der Waals surface area (Å²) >= 11 is 0. The van der Waals surface area contributed by atoms with E-state index in [4.69, 9.17) is 9.94 Å². The van der Waals surface area contributed by atoms with Crippen molar-refractivity contribution in [2.75, 3.05) is 20.2 Å². The molecule has 27 heavy (non-hydrogen) atoms. The van der Waals surface area contributed by atoms with Gasteiger partial charge < -0.3 is 14.2 Å². The number of benzene rings is 1. The van der Waals surface area contributed by atoms with E-state index in [9.17, 15) is 14.4 Å². The van der Waals surface area contributed by atoms with E-state index in [0.717, 1.165) is 24.6 Å². The predicted octanol–water partition coefficient (Wildman–Crippen LogP) is 1.99. The van der Waals surface area contributed by atoms with Gasteiger partial charge in [0.2, 0.25) is 0 Å². The highest BCUT2D eigenvalue weighted by atomic mass is 16.5. The molecule has 0 spiro atoms. The highest BCUT2D eigenvalue weighted by Crippen LogP contribution is 2.21. The van der Waals surface area contributed by atoms with Gasteiger partial charge in [0.1, 0.15) is 0 Å². The third kappa shape index (κ3) is 4.11. The number of hydroxylamine groups is 1. The summed E-state index contributed by atoms with van der Waals surface area (Å²) in [5, 5.41) is 9.96.